The number of hydrogen-bond donors (Lipinski definition) is 1. The zero-order valence-electron chi connectivity index (χ0n) is 15.2. The Kier molecular flexibility index (Phi) is 5.53. The van der Waals surface area contributed by atoms with Gasteiger partial charge in [0.2, 0.25) is 0 Å². The lowest BCUT2D eigenvalue weighted by Crippen LogP contribution is -2.44. The smallest absolute Gasteiger partial charge is 0.251 e. The number of carbonyl (C=O) groups excluding carboxylic acids is 1. The maximum Gasteiger partial charge on any atom is 0.251 e. The third-order valence-electron chi connectivity index (χ3n) is 4.67. The van der Waals surface area contributed by atoms with Gasteiger partial charge in [-0.05, 0) is 55.3 Å². The average Bonchev–Trinajstić information content (AvgIpc) is 3.25. The number of aromatic nitrogens is 1. The molecule has 1 N–H and O–H groups in total. The fraction of sp³-hybridized carbons (Fsp3) is 0.238. The molecule has 0 radical (unpaired) electrons. The number of nitrogens with one attached hydrogen (secondary N) is 1. The molecule has 1 aromatic heterocycles. The van der Waals surface area contributed by atoms with Crippen molar-refractivity contribution in [3.05, 3.63) is 71.5 Å². The van der Waals surface area contributed by atoms with Gasteiger partial charge in [0.05, 0.1) is 0 Å². The van der Waals surface area contributed by atoms with Crippen molar-refractivity contribution in [2.45, 2.75) is 18.9 Å². The van der Waals surface area contributed by atoms with Gasteiger partial charge in [-0.2, -0.15) is 0 Å². The number of nitrogens with zero attached hydrogens (tertiary/aromatic N) is 2. The highest BCUT2D eigenvalue weighted by atomic mass is 32.1. The van der Waals surface area contributed by atoms with E-state index in [1.54, 1.807) is 47.7 Å². The maximum atomic E-state index is 13.0. The fourth-order valence-electron chi connectivity index (χ4n) is 3.20. The molecule has 1 saturated heterocycles. The molecule has 4 rings (SSSR count). The van der Waals surface area contributed by atoms with Gasteiger partial charge in [-0.25, -0.2) is 9.37 Å². The summed E-state index contributed by atoms with van der Waals surface area (Å²) in [5.74, 6) is 0.630. The summed E-state index contributed by atoms with van der Waals surface area (Å²) in [5, 5.41) is 6.13. The number of ether oxygens (including phenoxy) is 1. The van der Waals surface area contributed by atoms with Gasteiger partial charge in [-0.15, -0.1) is 11.3 Å². The van der Waals surface area contributed by atoms with Crippen LogP contribution in [0.3, 0.4) is 0 Å². The number of amides is 1. The Bertz CT molecular complexity index is 923. The lowest BCUT2D eigenvalue weighted by atomic mass is 10.0. The molecule has 7 heteroatoms. The van der Waals surface area contributed by atoms with Gasteiger partial charge in [-0.1, -0.05) is 6.07 Å². The van der Waals surface area contributed by atoms with E-state index >= 15 is 0 Å². The molecule has 1 fully saturated rings. The number of hydrogen-bond acceptors (Lipinski definition) is 5. The second-order valence-electron chi connectivity index (χ2n) is 6.63. The highest BCUT2D eigenvalue weighted by Gasteiger charge is 2.22. The summed E-state index contributed by atoms with van der Waals surface area (Å²) in [6.45, 7) is 1.76. The Morgan fingerprint density at radius 3 is 2.64 bits per heavy atom. The fourth-order valence-corrected chi connectivity index (χ4v) is 3.89. The molecule has 0 saturated carbocycles. The molecule has 0 bridgehead atoms. The van der Waals surface area contributed by atoms with Gasteiger partial charge in [0.1, 0.15) is 17.3 Å². The lowest BCUT2D eigenvalue weighted by Gasteiger charge is -2.32. The number of anilines is 1. The molecule has 0 unspecified atom stereocenters. The Labute approximate surface area is 166 Å². The van der Waals surface area contributed by atoms with E-state index in [4.69, 9.17) is 4.74 Å². The van der Waals surface area contributed by atoms with Crippen LogP contribution in [-0.4, -0.2) is 30.0 Å². The van der Waals surface area contributed by atoms with Gasteiger partial charge in [0.25, 0.3) is 5.91 Å². The number of rotatable bonds is 5. The highest BCUT2D eigenvalue weighted by molar-refractivity contribution is 7.13. The first-order valence-electron chi connectivity index (χ1n) is 9.16. The number of piperidine rings is 1. The van der Waals surface area contributed by atoms with E-state index in [1.165, 1.54) is 12.1 Å². The van der Waals surface area contributed by atoms with Crippen LogP contribution in [0.2, 0.25) is 0 Å². The number of carbonyl (C=O) groups is 1. The standard InChI is InChI=1S/C21H20FN3O2S/c22-16-4-6-18(7-5-16)27-19-3-1-2-15(14-19)20(26)24-17-8-11-25(12-9-17)21-23-10-13-28-21/h1-7,10,13-14,17H,8-9,11-12H2,(H,24,26). The summed E-state index contributed by atoms with van der Waals surface area (Å²) in [5.41, 5.74) is 0.543. The van der Waals surface area contributed by atoms with Crippen LogP contribution in [0.4, 0.5) is 9.52 Å². The van der Waals surface area contributed by atoms with Crippen molar-refractivity contribution in [2.75, 3.05) is 18.0 Å². The van der Waals surface area contributed by atoms with Crippen molar-refractivity contribution >= 4 is 22.4 Å². The first-order chi connectivity index (χ1) is 13.7. The van der Waals surface area contributed by atoms with Crippen LogP contribution in [0.1, 0.15) is 23.2 Å². The summed E-state index contributed by atoms with van der Waals surface area (Å²) in [7, 11) is 0. The van der Waals surface area contributed by atoms with Crippen molar-refractivity contribution in [2.24, 2.45) is 0 Å². The van der Waals surface area contributed by atoms with Crippen molar-refractivity contribution in [3.8, 4) is 11.5 Å². The van der Waals surface area contributed by atoms with Crippen molar-refractivity contribution in [1.29, 1.82) is 0 Å². The first kappa shape index (κ1) is 18.4. The third kappa shape index (κ3) is 4.48. The second-order valence-corrected chi connectivity index (χ2v) is 7.51. The maximum absolute atomic E-state index is 13.0. The molecule has 144 valence electrons. The van der Waals surface area contributed by atoms with Gasteiger partial charge >= 0.3 is 0 Å². The Morgan fingerprint density at radius 2 is 1.93 bits per heavy atom. The van der Waals surface area contributed by atoms with E-state index < -0.39 is 0 Å². The Morgan fingerprint density at radius 1 is 1.14 bits per heavy atom. The van der Waals surface area contributed by atoms with Crippen molar-refractivity contribution < 1.29 is 13.9 Å². The van der Waals surface area contributed by atoms with Crippen LogP contribution >= 0.6 is 11.3 Å². The molecule has 3 aromatic rings. The van der Waals surface area contributed by atoms with Crippen LogP contribution in [0.25, 0.3) is 0 Å². The zero-order chi connectivity index (χ0) is 19.3. The number of thiazole rings is 1. The SMILES string of the molecule is O=C(NC1CCN(c2nccs2)CC1)c1cccc(Oc2ccc(F)cc2)c1. The molecule has 5 nitrogen and oxygen atoms in total. The molecule has 2 aromatic carbocycles. The lowest BCUT2D eigenvalue weighted by molar-refractivity contribution is 0.0931. The minimum Gasteiger partial charge on any atom is -0.457 e. The van der Waals surface area contributed by atoms with Crippen molar-refractivity contribution in [3.63, 3.8) is 0 Å². The number of benzene rings is 2. The topological polar surface area (TPSA) is 54.5 Å². The van der Waals surface area contributed by atoms with Crippen LogP contribution in [-0.2, 0) is 0 Å². The quantitative estimate of drug-likeness (QED) is 0.690. The zero-order valence-corrected chi connectivity index (χ0v) is 16.0. The van der Waals surface area contributed by atoms with E-state index in [0.717, 1.165) is 31.1 Å². The van der Waals surface area contributed by atoms with Crippen molar-refractivity contribution in [1.82, 2.24) is 10.3 Å². The summed E-state index contributed by atoms with van der Waals surface area (Å²) >= 11 is 1.64. The van der Waals surface area contributed by atoms with Crippen LogP contribution in [0.5, 0.6) is 11.5 Å². The van der Waals surface area contributed by atoms with Crippen LogP contribution in [0, 0.1) is 5.82 Å². The normalized spacial score (nSPS) is 14.7. The van der Waals surface area contributed by atoms with E-state index in [2.05, 4.69) is 15.2 Å². The number of halogens is 1. The predicted molar refractivity (Wildman–Crippen MR) is 108 cm³/mol. The summed E-state index contributed by atoms with van der Waals surface area (Å²) in [6, 6.07) is 12.9. The molecule has 0 aliphatic carbocycles. The van der Waals surface area contributed by atoms with E-state index in [-0.39, 0.29) is 17.8 Å². The van der Waals surface area contributed by atoms with Gasteiger partial charge in [0, 0.05) is 36.3 Å². The van der Waals surface area contributed by atoms with Crippen LogP contribution < -0.4 is 15.0 Å². The molecule has 2 heterocycles. The molecule has 0 spiro atoms. The molecular weight excluding hydrogens is 377 g/mol. The predicted octanol–water partition coefficient (Wildman–Crippen LogP) is 4.47. The van der Waals surface area contributed by atoms with Gasteiger partial charge < -0.3 is 15.0 Å². The summed E-state index contributed by atoms with van der Waals surface area (Å²) in [4.78, 5) is 19.2. The van der Waals surface area contributed by atoms with Crippen LogP contribution in [0.15, 0.2) is 60.1 Å². The molecule has 28 heavy (non-hydrogen) atoms. The second kappa shape index (κ2) is 8.39. The molecule has 1 aliphatic heterocycles. The molecule has 1 amide bonds. The average molecular weight is 397 g/mol. The largest absolute Gasteiger partial charge is 0.457 e. The summed E-state index contributed by atoms with van der Waals surface area (Å²) < 4.78 is 18.7. The Balaban J connectivity index is 1.34. The van der Waals surface area contributed by atoms with E-state index in [9.17, 15) is 9.18 Å². The third-order valence-corrected chi connectivity index (χ3v) is 5.50. The molecule has 0 atom stereocenters. The summed E-state index contributed by atoms with van der Waals surface area (Å²) in [6.07, 6.45) is 3.59. The molecular formula is C21H20FN3O2S. The Hall–Kier alpha value is -2.93. The van der Waals surface area contributed by atoms with E-state index in [1.807, 2.05) is 11.6 Å². The highest BCUT2D eigenvalue weighted by Crippen LogP contribution is 2.24. The molecule has 1 aliphatic rings. The first-order valence-corrected chi connectivity index (χ1v) is 10.0. The monoisotopic (exact) mass is 397 g/mol. The van der Waals surface area contributed by atoms with E-state index in [0.29, 0.717) is 17.1 Å². The van der Waals surface area contributed by atoms with Gasteiger partial charge in [-0.3, -0.25) is 4.79 Å². The minimum atomic E-state index is -0.318. The minimum absolute atomic E-state index is 0.114. The van der Waals surface area contributed by atoms with Gasteiger partial charge in [0.15, 0.2) is 5.13 Å².